The van der Waals surface area contributed by atoms with E-state index in [1.807, 2.05) is 0 Å². The number of H-pyrrole nitrogens is 1. The highest BCUT2D eigenvalue weighted by atomic mass is 32.1. The van der Waals surface area contributed by atoms with Crippen molar-refractivity contribution < 1.29 is 10.2 Å². The van der Waals surface area contributed by atoms with E-state index in [2.05, 4.69) is 10.2 Å². The van der Waals surface area contributed by atoms with Crippen molar-refractivity contribution >= 4 is 16.5 Å². The first-order valence-electron chi connectivity index (χ1n) is 2.01. The van der Waals surface area contributed by atoms with Gasteiger partial charge in [-0.2, -0.15) is 0 Å². The molecule has 0 amide bonds. The summed E-state index contributed by atoms with van der Waals surface area (Å²) in [7, 11) is 0. The van der Waals surface area contributed by atoms with Crippen LogP contribution >= 0.6 is 11.3 Å². The highest BCUT2D eigenvalue weighted by molar-refractivity contribution is 7.12. The fourth-order valence-corrected chi connectivity index (χ4v) is 0.535. The van der Waals surface area contributed by atoms with Crippen LogP contribution in [0.25, 0.3) is 0 Å². The Kier molecular flexibility index (Phi) is 3.80. The van der Waals surface area contributed by atoms with Gasteiger partial charge in [0.05, 0.1) is 5.09 Å². The SMILES string of the molecule is Nc1n[nH+]cs1.O=[N+]([O-])[O-]. The molecule has 0 bridgehead atoms. The molecule has 0 atom stereocenters. The second-order valence-corrected chi connectivity index (χ2v) is 1.93. The quantitative estimate of drug-likeness (QED) is 0.401. The fourth-order valence-electron chi connectivity index (χ4n) is 0.203. The van der Waals surface area contributed by atoms with E-state index < -0.39 is 5.09 Å². The highest BCUT2D eigenvalue weighted by Gasteiger charge is 1.86. The average Bonchev–Trinajstić information content (AvgIpc) is 2.15. The molecule has 0 saturated carbocycles. The molecular formula is C2H4N4O3S. The van der Waals surface area contributed by atoms with E-state index in [-0.39, 0.29) is 0 Å². The second-order valence-electron chi connectivity index (χ2n) is 1.04. The van der Waals surface area contributed by atoms with Crippen LogP contribution in [0.5, 0.6) is 0 Å². The smallest absolute Gasteiger partial charge is 0.252 e. The number of nitrogens with two attached hydrogens (primary N) is 1. The van der Waals surface area contributed by atoms with Gasteiger partial charge in [0, 0.05) is 5.10 Å². The third-order valence-corrected chi connectivity index (χ3v) is 0.963. The normalized spacial score (nSPS) is 7.60. The molecule has 0 aliphatic carbocycles. The van der Waals surface area contributed by atoms with E-state index >= 15 is 0 Å². The minimum atomic E-state index is -1.75. The third-order valence-electron chi connectivity index (χ3n) is 0.407. The number of rotatable bonds is 0. The maximum atomic E-state index is 8.25. The molecule has 10 heavy (non-hydrogen) atoms. The van der Waals surface area contributed by atoms with Gasteiger partial charge in [-0.15, -0.1) is 0 Å². The van der Waals surface area contributed by atoms with Crippen LogP contribution in [0.4, 0.5) is 5.13 Å². The molecule has 1 aromatic rings. The van der Waals surface area contributed by atoms with Crippen LogP contribution in [0.1, 0.15) is 0 Å². The first kappa shape index (κ1) is 8.56. The lowest BCUT2D eigenvalue weighted by Gasteiger charge is -1.74. The van der Waals surface area contributed by atoms with Crippen LogP contribution in [-0.2, 0) is 0 Å². The molecule has 0 aromatic carbocycles. The molecule has 0 aliphatic heterocycles. The topological polar surface area (TPSA) is 119 Å². The van der Waals surface area contributed by atoms with Crippen molar-refractivity contribution in [2.75, 3.05) is 5.73 Å². The molecule has 0 saturated heterocycles. The lowest BCUT2D eigenvalue weighted by Crippen LogP contribution is -1.99. The maximum Gasteiger partial charge on any atom is 0.252 e. The molecule has 1 heterocycles. The zero-order valence-electron chi connectivity index (χ0n) is 4.68. The molecule has 3 N–H and O–H groups in total. The molecule has 7 nitrogen and oxygen atoms in total. The molecule has 56 valence electrons. The summed E-state index contributed by atoms with van der Waals surface area (Å²) in [5.74, 6) is 0. The number of hydrogen-bond donors (Lipinski definition) is 1. The van der Waals surface area contributed by atoms with Gasteiger partial charge in [-0.05, 0) is 11.3 Å². The summed E-state index contributed by atoms with van der Waals surface area (Å²) < 4.78 is 0. The maximum absolute atomic E-state index is 8.25. The molecule has 0 fully saturated rings. The number of nitrogens with zero attached hydrogens (tertiary/aromatic N) is 2. The Bertz CT molecular complexity index is 182. The van der Waals surface area contributed by atoms with E-state index in [1.165, 1.54) is 11.3 Å². The summed E-state index contributed by atoms with van der Waals surface area (Å²) in [6.45, 7) is 0. The Balaban J connectivity index is 0.000000180. The highest BCUT2D eigenvalue weighted by Crippen LogP contribution is 1.95. The van der Waals surface area contributed by atoms with Gasteiger partial charge >= 0.3 is 0 Å². The monoisotopic (exact) mass is 164 g/mol. The number of aromatic amines is 1. The Morgan fingerprint density at radius 2 is 2.30 bits per heavy atom. The summed E-state index contributed by atoms with van der Waals surface area (Å²) in [4.78, 5) is 8.25. The summed E-state index contributed by atoms with van der Waals surface area (Å²) in [5.41, 5.74) is 6.87. The van der Waals surface area contributed by atoms with Crippen molar-refractivity contribution in [2.24, 2.45) is 0 Å². The van der Waals surface area contributed by atoms with Gasteiger partial charge in [0.15, 0.2) is 0 Å². The number of hydrogen-bond acceptors (Lipinski definition) is 6. The van der Waals surface area contributed by atoms with Crippen molar-refractivity contribution in [1.82, 2.24) is 5.10 Å². The summed E-state index contributed by atoms with van der Waals surface area (Å²) in [6, 6.07) is 0. The molecular weight excluding hydrogens is 160 g/mol. The molecule has 0 aliphatic rings. The van der Waals surface area contributed by atoms with Crippen molar-refractivity contribution in [1.29, 1.82) is 0 Å². The third kappa shape index (κ3) is 6.56. The first-order valence-corrected chi connectivity index (χ1v) is 2.89. The zero-order valence-corrected chi connectivity index (χ0v) is 5.50. The summed E-state index contributed by atoms with van der Waals surface area (Å²) in [6.07, 6.45) is 0. The van der Waals surface area contributed by atoms with Crippen molar-refractivity contribution in [3.05, 3.63) is 20.8 Å². The lowest BCUT2D eigenvalue weighted by molar-refractivity contribution is -0.445. The molecule has 0 spiro atoms. The Morgan fingerprint density at radius 1 is 1.80 bits per heavy atom. The standard InChI is InChI=1S/C2H3N3S.NO3/c3-2-5-4-1-6-2;2-1(3)4/h1H,(H2,3,5);/q;-1/p+1. The van der Waals surface area contributed by atoms with Gasteiger partial charge in [0.2, 0.25) is 0 Å². The van der Waals surface area contributed by atoms with Crippen LogP contribution in [0.15, 0.2) is 5.51 Å². The molecule has 1 rings (SSSR count). The van der Waals surface area contributed by atoms with Crippen LogP contribution in [0.3, 0.4) is 0 Å². The molecule has 0 unspecified atom stereocenters. The van der Waals surface area contributed by atoms with Crippen molar-refractivity contribution in [3.8, 4) is 0 Å². The van der Waals surface area contributed by atoms with E-state index in [0.717, 1.165) is 0 Å². The lowest BCUT2D eigenvalue weighted by atomic mass is 11.3. The van der Waals surface area contributed by atoms with Gasteiger partial charge in [-0.25, -0.2) is 0 Å². The van der Waals surface area contributed by atoms with Gasteiger partial charge in [-0.3, -0.25) is 0 Å². The van der Waals surface area contributed by atoms with Crippen LogP contribution in [0.2, 0.25) is 0 Å². The Labute approximate surface area is 59.2 Å². The largest absolute Gasteiger partial charge is 0.370 e. The first-order chi connectivity index (χ1) is 4.63. The fraction of sp³-hybridized carbons (Fsp3) is 0. The van der Waals surface area contributed by atoms with Crippen molar-refractivity contribution in [2.45, 2.75) is 0 Å². The summed E-state index contributed by atoms with van der Waals surface area (Å²) in [5, 5.41) is 21.5. The molecule has 1 aromatic heterocycles. The summed E-state index contributed by atoms with van der Waals surface area (Å²) >= 11 is 1.39. The minimum Gasteiger partial charge on any atom is -0.370 e. The van der Waals surface area contributed by atoms with E-state index in [0.29, 0.717) is 5.13 Å². The van der Waals surface area contributed by atoms with Crippen molar-refractivity contribution in [3.63, 3.8) is 0 Å². The van der Waals surface area contributed by atoms with Crippen LogP contribution in [-0.4, -0.2) is 10.2 Å². The van der Waals surface area contributed by atoms with Gasteiger partial charge < -0.3 is 21.1 Å². The van der Waals surface area contributed by atoms with Gasteiger partial charge in [-0.1, -0.05) is 5.10 Å². The van der Waals surface area contributed by atoms with E-state index in [4.69, 9.17) is 21.1 Å². The number of anilines is 1. The Morgan fingerprint density at radius 3 is 2.40 bits per heavy atom. The van der Waals surface area contributed by atoms with Crippen LogP contribution < -0.4 is 10.8 Å². The minimum absolute atomic E-state index is 0.579. The zero-order chi connectivity index (χ0) is 7.98. The second kappa shape index (κ2) is 4.44. The van der Waals surface area contributed by atoms with E-state index in [9.17, 15) is 0 Å². The van der Waals surface area contributed by atoms with E-state index in [1.54, 1.807) is 5.51 Å². The van der Waals surface area contributed by atoms with Gasteiger partial charge in [0.25, 0.3) is 10.6 Å². The molecule has 0 radical (unpaired) electrons. The Hall–Kier alpha value is -1.44. The molecule has 8 heteroatoms. The number of nitrogens with one attached hydrogen (secondary N) is 1. The van der Waals surface area contributed by atoms with Crippen LogP contribution in [0, 0.1) is 15.3 Å². The predicted octanol–water partition coefficient (Wildman–Crippen LogP) is -0.700. The van der Waals surface area contributed by atoms with Gasteiger partial charge in [0.1, 0.15) is 0 Å². The predicted molar refractivity (Wildman–Crippen MR) is 33.4 cm³/mol. The number of aromatic nitrogens is 2. The number of nitrogen functional groups attached to an aromatic ring is 1. The average molecular weight is 164 g/mol.